The summed E-state index contributed by atoms with van der Waals surface area (Å²) in [5, 5.41) is 17.9. The van der Waals surface area contributed by atoms with Crippen LogP contribution >= 0.6 is 11.8 Å². The summed E-state index contributed by atoms with van der Waals surface area (Å²) < 4.78 is 7.41. The highest BCUT2D eigenvalue weighted by molar-refractivity contribution is 7.99. The molecule has 0 aliphatic carbocycles. The highest BCUT2D eigenvalue weighted by Gasteiger charge is 2.16. The predicted molar refractivity (Wildman–Crippen MR) is 79.6 cm³/mol. The van der Waals surface area contributed by atoms with Gasteiger partial charge < -0.3 is 14.4 Å². The maximum atomic E-state index is 10.7. The third-order valence-corrected chi connectivity index (χ3v) is 4.29. The van der Waals surface area contributed by atoms with Gasteiger partial charge in [0, 0.05) is 32.6 Å². The predicted octanol–water partition coefficient (Wildman–Crippen LogP) is 0.739. The Balaban J connectivity index is 1.98. The van der Waals surface area contributed by atoms with Crippen LogP contribution < -0.4 is 0 Å². The Bertz CT molecular complexity index is 460. The van der Waals surface area contributed by atoms with Gasteiger partial charge in [-0.25, -0.2) is 0 Å². The molecule has 21 heavy (non-hydrogen) atoms. The van der Waals surface area contributed by atoms with Crippen molar-refractivity contribution in [2.75, 3.05) is 38.6 Å². The second-order valence-electron chi connectivity index (χ2n) is 4.94. The van der Waals surface area contributed by atoms with Gasteiger partial charge in [0.15, 0.2) is 5.16 Å². The van der Waals surface area contributed by atoms with E-state index in [1.807, 2.05) is 0 Å². The van der Waals surface area contributed by atoms with E-state index in [-0.39, 0.29) is 5.75 Å². The summed E-state index contributed by atoms with van der Waals surface area (Å²) in [5.41, 5.74) is 0. The van der Waals surface area contributed by atoms with Crippen molar-refractivity contribution < 1.29 is 14.6 Å². The molecule has 118 valence electrons. The van der Waals surface area contributed by atoms with Gasteiger partial charge in [0.1, 0.15) is 5.82 Å². The first kappa shape index (κ1) is 16.3. The van der Waals surface area contributed by atoms with E-state index in [1.165, 1.54) is 11.8 Å². The molecule has 7 nitrogen and oxygen atoms in total. The molecule has 0 saturated carbocycles. The van der Waals surface area contributed by atoms with Crippen molar-refractivity contribution in [3.63, 3.8) is 0 Å². The summed E-state index contributed by atoms with van der Waals surface area (Å²) >= 11 is 1.24. The number of carboxylic acid groups (broad SMARTS) is 1. The number of ether oxygens (including phenoxy) is 1. The fourth-order valence-corrected chi connectivity index (χ4v) is 2.96. The highest BCUT2D eigenvalue weighted by atomic mass is 32.2. The zero-order valence-corrected chi connectivity index (χ0v) is 13.1. The topological polar surface area (TPSA) is 80.5 Å². The van der Waals surface area contributed by atoms with Gasteiger partial charge in [-0.2, -0.15) is 0 Å². The largest absolute Gasteiger partial charge is 0.481 e. The van der Waals surface area contributed by atoms with E-state index in [4.69, 9.17) is 9.84 Å². The van der Waals surface area contributed by atoms with Gasteiger partial charge >= 0.3 is 5.97 Å². The van der Waals surface area contributed by atoms with Gasteiger partial charge in [-0.3, -0.25) is 9.69 Å². The van der Waals surface area contributed by atoms with Gasteiger partial charge in [-0.1, -0.05) is 18.7 Å². The number of aromatic nitrogens is 3. The van der Waals surface area contributed by atoms with Crippen molar-refractivity contribution in [3.8, 4) is 0 Å². The lowest BCUT2D eigenvalue weighted by Gasteiger charge is -2.26. The molecule has 0 atom stereocenters. The van der Waals surface area contributed by atoms with E-state index in [0.29, 0.717) is 5.16 Å². The lowest BCUT2D eigenvalue weighted by Crippen LogP contribution is -2.38. The number of morpholine rings is 1. The number of aliphatic carboxylic acids is 1. The molecule has 1 fully saturated rings. The first-order chi connectivity index (χ1) is 10.2. The molecule has 2 heterocycles. The second-order valence-corrected chi connectivity index (χ2v) is 5.88. The number of carboxylic acids is 1. The summed E-state index contributed by atoms with van der Waals surface area (Å²) in [6.07, 6.45) is 1.86. The first-order valence-corrected chi connectivity index (χ1v) is 8.26. The molecule has 1 aliphatic rings. The van der Waals surface area contributed by atoms with Crippen LogP contribution in [0.5, 0.6) is 0 Å². The zero-order chi connectivity index (χ0) is 15.1. The van der Waals surface area contributed by atoms with E-state index in [0.717, 1.165) is 58.1 Å². The molecule has 0 bridgehead atoms. The Morgan fingerprint density at radius 1 is 1.33 bits per heavy atom. The Labute approximate surface area is 128 Å². The fraction of sp³-hybridized carbons (Fsp3) is 0.769. The molecule has 0 unspecified atom stereocenters. The molecule has 1 aliphatic heterocycles. The Hall–Kier alpha value is -1.12. The van der Waals surface area contributed by atoms with E-state index < -0.39 is 5.97 Å². The number of aryl methyl sites for hydroxylation is 1. The number of carbonyl (C=O) groups is 1. The van der Waals surface area contributed by atoms with E-state index in [2.05, 4.69) is 26.6 Å². The Kier molecular flexibility index (Phi) is 6.47. The monoisotopic (exact) mass is 314 g/mol. The molecular weight excluding hydrogens is 292 g/mol. The number of nitrogens with zero attached hydrogens (tertiary/aromatic N) is 4. The molecule has 1 N–H and O–H groups in total. The Morgan fingerprint density at radius 3 is 2.76 bits per heavy atom. The van der Waals surface area contributed by atoms with Crippen molar-refractivity contribution >= 4 is 17.7 Å². The van der Waals surface area contributed by atoms with Gasteiger partial charge in [0.05, 0.1) is 19.0 Å². The fourth-order valence-electron chi connectivity index (χ4n) is 2.25. The molecule has 1 aromatic rings. The average molecular weight is 314 g/mol. The normalized spacial score (nSPS) is 16.2. The van der Waals surface area contributed by atoms with Crippen LogP contribution in [-0.2, 0) is 22.5 Å². The SMILES string of the molecule is CCCc1nnc(SCC(=O)O)n1CCN1CCOCC1. The number of hydrogen-bond acceptors (Lipinski definition) is 6. The summed E-state index contributed by atoms with van der Waals surface area (Å²) in [6, 6.07) is 0. The third kappa shape index (κ3) is 4.98. The van der Waals surface area contributed by atoms with Crippen LogP contribution in [0.15, 0.2) is 5.16 Å². The quantitative estimate of drug-likeness (QED) is 0.709. The number of rotatable bonds is 8. The van der Waals surface area contributed by atoms with Crippen LogP contribution in [0.3, 0.4) is 0 Å². The summed E-state index contributed by atoms with van der Waals surface area (Å²) in [7, 11) is 0. The number of hydrogen-bond donors (Lipinski definition) is 1. The third-order valence-electron chi connectivity index (χ3n) is 3.34. The molecule has 0 aromatic carbocycles. The van der Waals surface area contributed by atoms with Crippen molar-refractivity contribution in [1.82, 2.24) is 19.7 Å². The van der Waals surface area contributed by atoms with Crippen LogP contribution in [0.1, 0.15) is 19.2 Å². The van der Waals surface area contributed by atoms with Crippen LogP contribution in [0.4, 0.5) is 0 Å². The first-order valence-electron chi connectivity index (χ1n) is 7.27. The average Bonchev–Trinajstić information content (AvgIpc) is 2.86. The zero-order valence-electron chi connectivity index (χ0n) is 12.3. The van der Waals surface area contributed by atoms with Crippen molar-refractivity contribution in [3.05, 3.63) is 5.82 Å². The second kappa shape index (κ2) is 8.35. The molecule has 0 amide bonds. The van der Waals surface area contributed by atoms with Gasteiger partial charge in [0.2, 0.25) is 0 Å². The van der Waals surface area contributed by atoms with Gasteiger partial charge in [0.25, 0.3) is 0 Å². The summed E-state index contributed by atoms with van der Waals surface area (Å²) in [6.45, 7) is 7.27. The standard InChI is InChI=1S/C13H22N4O3S/c1-2-3-11-14-15-13(21-10-12(18)19)17(11)5-4-16-6-8-20-9-7-16/h2-10H2,1H3,(H,18,19). The maximum Gasteiger partial charge on any atom is 0.313 e. The summed E-state index contributed by atoms with van der Waals surface area (Å²) in [5.74, 6) is 0.125. The molecular formula is C13H22N4O3S. The van der Waals surface area contributed by atoms with Crippen molar-refractivity contribution in [2.24, 2.45) is 0 Å². The Morgan fingerprint density at radius 2 is 2.10 bits per heavy atom. The molecule has 2 rings (SSSR count). The van der Waals surface area contributed by atoms with E-state index >= 15 is 0 Å². The summed E-state index contributed by atoms with van der Waals surface area (Å²) in [4.78, 5) is 13.1. The molecule has 1 saturated heterocycles. The smallest absolute Gasteiger partial charge is 0.313 e. The maximum absolute atomic E-state index is 10.7. The molecule has 0 spiro atoms. The molecule has 8 heteroatoms. The van der Waals surface area contributed by atoms with Gasteiger partial charge in [-0.05, 0) is 6.42 Å². The number of thioether (sulfide) groups is 1. The molecule has 0 radical (unpaired) electrons. The van der Waals surface area contributed by atoms with E-state index in [9.17, 15) is 4.79 Å². The van der Waals surface area contributed by atoms with Crippen LogP contribution in [0, 0.1) is 0 Å². The lowest BCUT2D eigenvalue weighted by atomic mass is 10.3. The van der Waals surface area contributed by atoms with E-state index in [1.54, 1.807) is 0 Å². The minimum absolute atomic E-state index is 0.0157. The minimum Gasteiger partial charge on any atom is -0.481 e. The van der Waals surface area contributed by atoms with Crippen molar-refractivity contribution in [1.29, 1.82) is 0 Å². The highest BCUT2D eigenvalue weighted by Crippen LogP contribution is 2.18. The van der Waals surface area contributed by atoms with Crippen molar-refractivity contribution in [2.45, 2.75) is 31.5 Å². The van der Waals surface area contributed by atoms with Crippen LogP contribution in [-0.4, -0.2) is 69.3 Å². The minimum atomic E-state index is -0.834. The van der Waals surface area contributed by atoms with Crippen LogP contribution in [0.2, 0.25) is 0 Å². The van der Waals surface area contributed by atoms with Crippen LogP contribution in [0.25, 0.3) is 0 Å². The molecule has 1 aromatic heterocycles. The lowest BCUT2D eigenvalue weighted by molar-refractivity contribution is -0.133. The van der Waals surface area contributed by atoms with Gasteiger partial charge in [-0.15, -0.1) is 10.2 Å².